The number of ether oxygens (including phenoxy) is 3. The van der Waals surface area contributed by atoms with Gasteiger partial charge in [0.15, 0.2) is 0 Å². The van der Waals surface area contributed by atoms with Crippen molar-refractivity contribution in [3.05, 3.63) is 36.0 Å². The van der Waals surface area contributed by atoms with Gasteiger partial charge in [-0.2, -0.15) is 0 Å². The summed E-state index contributed by atoms with van der Waals surface area (Å²) in [5.74, 6) is 0.0339. The van der Waals surface area contributed by atoms with Gasteiger partial charge in [0.25, 0.3) is 0 Å². The van der Waals surface area contributed by atoms with Crippen LogP contribution in [0.1, 0.15) is 105 Å². The molecule has 2 saturated heterocycles. The topological polar surface area (TPSA) is 88.6 Å². The molecule has 0 spiro atoms. The molecule has 0 bridgehead atoms. The van der Waals surface area contributed by atoms with Crippen molar-refractivity contribution in [3.8, 4) is 0 Å². The molecule has 4 aliphatic rings. The van der Waals surface area contributed by atoms with E-state index in [1.807, 2.05) is 56.1 Å². The first-order chi connectivity index (χ1) is 23.1. The summed E-state index contributed by atoms with van der Waals surface area (Å²) in [7, 11) is 0. The lowest BCUT2D eigenvalue weighted by Crippen LogP contribution is -2.52. The van der Waals surface area contributed by atoms with Crippen LogP contribution < -0.4 is 0 Å². The van der Waals surface area contributed by atoms with Gasteiger partial charge >= 0.3 is 18.2 Å². The van der Waals surface area contributed by atoms with E-state index in [4.69, 9.17) is 14.2 Å². The fraction of sp³-hybridized carbons (Fsp3) is 0.769. The van der Waals surface area contributed by atoms with E-state index < -0.39 is 6.10 Å². The molecule has 3 heterocycles. The second-order valence-electron chi connectivity index (χ2n) is 15.1. The molecule has 0 radical (unpaired) electrons. The van der Waals surface area contributed by atoms with Crippen LogP contribution in [0.3, 0.4) is 0 Å². The summed E-state index contributed by atoms with van der Waals surface area (Å²) in [4.78, 5) is 44.9. The summed E-state index contributed by atoms with van der Waals surface area (Å²) in [6.07, 6.45) is 20.8. The molecule has 0 unspecified atom stereocenters. The lowest BCUT2D eigenvalue weighted by atomic mass is 9.90. The van der Waals surface area contributed by atoms with E-state index in [0.717, 1.165) is 57.4 Å². The molecule has 6 atom stereocenters. The number of piperazine rings is 1. The van der Waals surface area contributed by atoms with Crippen LogP contribution in [0.15, 0.2) is 36.0 Å². The van der Waals surface area contributed by atoms with Gasteiger partial charge < -0.3 is 24.0 Å². The van der Waals surface area contributed by atoms with Crippen LogP contribution in [0.25, 0.3) is 0 Å². The highest BCUT2D eigenvalue weighted by Gasteiger charge is 2.31. The van der Waals surface area contributed by atoms with E-state index >= 15 is 0 Å². The fourth-order valence-corrected chi connectivity index (χ4v) is 7.46. The van der Waals surface area contributed by atoms with E-state index in [9.17, 15) is 14.4 Å². The third-order valence-corrected chi connectivity index (χ3v) is 10.8. The monoisotopic (exact) mass is 669 g/mol. The SMILES string of the molecule is C/C(=C\C=C\[C@@H](C)COC(=O)N1CCCC1)[C@H]1OC(=O)C[C@H](C)CC[C@H](C)[C@@H](OC(=O)N2CCN(C3CCCCCC3)CC2)/C=C/[C@@H]1C. The van der Waals surface area contributed by atoms with Crippen LogP contribution in [0.4, 0.5) is 9.59 Å². The van der Waals surface area contributed by atoms with Crippen LogP contribution >= 0.6 is 0 Å². The van der Waals surface area contributed by atoms with Gasteiger partial charge in [-0.15, -0.1) is 0 Å². The number of cyclic esters (lactones) is 1. The molecule has 4 rings (SSSR count). The number of amides is 2. The van der Waals surface area contributed by atoms with E-state index in [2.05, 4.69) is 18.7 Å². The van der Waals surface area contributed by atoms with Gasteiger partial charge in [0.2, 0.25) is 0 Å². The van der Waals surface area contributed by atoms with Crippen LogP contribution in [0.5, 0.6) is 0 Å². The highest BCUT2D eigenvalue weighted by molar-refractivity contribution is 5.70. The number of allylic oxidation sites excluding steroid dienone is 2. The molecule has 9 nitrogen and oxygen atoms in total. The van der Waals surface area contributed by atoms with E-state index in [0.29, 0.717) is 32.2 Å². The molecule has 270 valence electrons. The molecule has 48 heavy (non-hydrogen) atoms. The Morgan fingerprint density at radius 1 is 0.875 bits per heavy atom. The number of carbonyl (C=O) groups excluding carboxylic acids is 3. The van der Waals surface area contributed by atoms with Crippen LogP contribution in [-0.2, 0) is 19.0 Å². The summed E-state index contributed by atoms with van der Waals surface area (Å²) >= 11 is 0. The smallest absolute Gasteiger partial charge is 0.410 e. The molecule has 0 N–H and O–H groups in total. The zero-order valence-corrected chi connectivity index (χ0v) is 30.4. The standard InChI is InChI=1S/C39H63N3O6/c1-29-17-18-31(3)35(47-39(45)42-25-23-40(24-26-42)34-15-8-6-7-9-16-34)20-19-33(5)37(48-36(43)27-29)32(4)14-12-13-30(2)28-46-38(44)41-21-10-11-22-41/h12-14,19-20,29-31,33-35,37H,6-11,15-18,21-28H2,1-5H3/b13-12+,20-19+,32-14+/t29-,30-,31+,33+,35+,37-/m1/s1. The third kappa shape index (κ3) is 12.0. The quantitative estimate of drug-likeness (QED) is 0.0900. The molecule has 2 amide bonds. The van der Waals surface area contributed by atoms with Crippen LogP contribution in [0, 0.1) is 23.7 Å². The Morgan fingerprint density at radius 3 is 2.23 bits per heavy atom. The summed E-state index contributed by atoms with van der Waals surface area (Å²) in [5.41, 5.74) is 0.927. The number of hydrogen-bond donors (Lipinski definition) is 0. The van der Waals surface area contributed by atoms with Crippen molar-refractivity contribution in [3.63, 3.8) is 0 Å². The number of carbonyl (C=O) groups is 3. The summed E-state index contributed by atoms with van der Waals surface area (Å²) in [5, 5.41) is 0. The Balaban J connectivity index is 1.36. The zero-order valence-electron chi connectivity index (χ0n) is 30.4. The molecule has 3 aliphatic heterocycles. The van der Waals surface area contributed by atoms with Crippen molar-refractivity contribution < 1.29 is 28.6 Å². The molecule has 9 heteroatoms. The Hall–Kier alpha value is -2.81. The van der Waals surface area contributed by atoms with Crippen LogP contribution in [-0.4, -0.2) is 97.0 Å². The number of rotatable bonds is 7. The lowest BCUT2D eigenvalue weighted by molar-refractivity contribution is -0.149. The summed E-state index contributed by atoms with van der Waals surface area (Å²) < 4.78 is 17.8. The van der Waals surface area contributed by atoms with Crippen molar-refractivity contribution in [1.82, 2.24) is 14.7 Å². The van der Waals surface area contributed by atoms with Crippen molar-refractivity contribution in [2.75, 3.05) is 45.9 Å². The number of likely N-dealkylation sites (tertiary alicyclic amines) is 1. The molecule has 0 aromatic heterocycles. The molecular formula is C39H63N3O6. The molecule has 1 saturated carbocycles. The van der Waals surface area contributed by atoms with Gasteiger partial charge in [-0.25, -0.2) is 9.59 Å². The molecule has 1 aliphatic carbocycles. The van der Waals surface area contributed by atoms with Gasteiger partial charge in [-0.05, 0) is 68.9 Å². The minimum atomic E-state index is -0.447. The Labute approximate surface area is 290 Å². The van der Waals surface area contributed by atoms with Gasteiger partial charge in [-0.1, -0.05) is 77.7 Å². The lowest BCUT2D eigenvalue weighted by Gasteiger charge is -2.39. The number of hydrogen-bond acceptors (Lipinski definition) is 7. The minimum Gasteiger partial charge on any atom is -0.457 e. The largest absolute Gasteiger partial charge is 0.457 e. The van der Waals surface area contributed by atoms with Gasteiger partial charge in [0, 0.05) is 63.6 Å². The van der Waals surface area contributed by atoms with Gasteiger partial charge in [0.05, 0.1) is 6.61 Å². The predicted molar refractivity (Wildman–Crippen MR) is 189 cm³/mol. The van der Waals surface area contributed by atoms with Gasteiger partial charge in [0.1, 0.15) is 12.2 Å². The number of nitrogens with zero attached hydrogens (tertiary/aromatic N) is 3. The second-order valence-corrected chi connectivity index (χ2v) is 15.1. The number of esters is 1. The maximum absolute atomic E-state index is 13.4. The summed E-state index contributed by atoms with van der Waals surface area (Å²) in [6, 6.07) is 0.658. The third-order valence-electron chi connectivity index (χ3n) is 10.8. The highest BCUT2D eigenvalue weighted by atomic mass is 16.6. The maximum Gasteiger partial charge on any atom is 0.410 e. The average molecular weight is 670 g/mol. The first-order valence-electron chi connectivity index (χ1n) is 18.9. The van der Waals surface area contributed by atoms with Crippen LogP contribution in [0.2, 0.25) is 0 Å². The Kier molecular flexibility index (Phi) is 15.4. The normalized spacial score (nSPS) is 30.6. The first-order valence-corrected chi connectivity index (χ1v) is 18.9. The molecule has 0 aromatic carbocycles. The van der Waals surface area contributed by atoms with Gasteiger partial charge in [-0.3, -0.25) is 9.69 Å². The minimum absolute atomic E-state index is 0.0503. The van der Waals surface area contributed by atoms with Crippen molar-refractivity contribution in [1.29, 1.82) is 0 Å². The fourth-order valence-electron chi connectivity index (χ4n) is 7.46. The average Bonchev–Trinajstić information content (AvgIpc) is 3.49. The maximum atomic E-state index is 13.4. The Morgan fingerprint density at radius 2 is 1.54 bits per heavy atom. The molecular weight excluding hydrogens is 606 g/mol. The second kappa shape index (κ2) is 19.4. The molecule has 0 aromatic rings. The van der Waals surface area contributed by atoms with Crippen molar-refractivity contribution in [2.45, 2.75) is 123 Å². The predicted octanol–water partition coefficient (Wildman–Crippen LogP) is 7.76. The summed E-state index contributed by atoms with van der Waals surface area (Å²) in [6.45, 7) is 15.4. The Bertz CT molecular complexity index is 1110. The van der Waals surface area contributed by atoms with Crippen molar-refractivity contribution in [2.24, 2.45) is 23.7 Å². The van der Waals surface area contributed by atoms with E-state index in [1.54, 1.807) is 4.90 Å². The van der Waals surface area contributed by atoms with E-state index in [-0.39, 0.29) is 47.9 Å². The van der Waals surface area contributed by atoms with Crippen molar-refractivity contribution >= 4 is 18.2 Å². The van der Waals surface area contributed by atoms with E-state index in [1.165, 1.54) is 38.5 Å². The highest BCUT2D eigenvalue weighted by Crippen LogP contribution is 2.27. The molecule has 3 fully saturated rings. The first kappa shape index (κ1) is 38.0. The zero-order chi connectivity index (χ0) is 34.5.